The molecule has 8 nitrogen and oxygen atoms in total. The molecule has 0 unspecified atom stereocenters. The number of fused-ring (bicyclic) bond motifs is 1. The molecule has 0 saturated heterocycles. The second-order valence-corrected chi connectivity index (χ2v) is 11.1. The van der Waals surface area contributed by atoms with Crippen molar-refractivity contribution in [2.75, 3.05) is 25.5 Å². The summed E-state index contributed by atoms with van der Waals surface area (Å²) < 4.78 is 30.9. The van der Waals surface area contributed by atoms with Gasteiger partial charge in [-0.15, -0.1) is 11.3 Å². The van der Waals surface area contributed by atoms with Gasteiger partial charge in [0.25, 0.3) is 5.91 Å². The molecule has 1 amide bonds. The predicted octanol–water partition coefficient (Wildman–Crippen LogP) is 2.86. The molecule has 10 heteroatoms. The summed E-state index contributed by atoms with van der Waals surface area (Å²) in [4.78, 5) is 25.6. The molecule has 32 heavy (non-hydrogen) atoms. The summed E-state index contributed by atoms with van der Waals surface area (Å²) in [6.45, 7) is 2.90. The van der Waals surface area contributed by atoms with Gasteiger partial charge in [0, 0.05) is 11.9 Å². The van der Waals surface area contributed by atoms with Crippen LogP contribution in [0.1, 0.15) is 34.9 Å². The van der Waals surface area contributed by atoms with E-state index in [4.69, 9.17) is 4.74 Å². The monoisotopic (exact) mass is 475 g/mol. The molecule has 0 aliphatic heterocycles. The zero-order valence-electron chi connectivity index (χ0n) is 18.2. The van der Waals surface area contributed by atoms with Crippen molar-refractivity contribution in [3.63, 3.8) is 0 Å². The van der Waals surface area contributed by atoms with Crippen LogP contribution in [0.25, 0.3) is 0 Å². The second kappa shape index (κ2) is 9.81. The minimum atomic E-state index is -3.86. The molecule has 1 heterocycles. The molecule has 1 aromatic carbocycles. The number of amides is 1. The van der Waals surface area contributed by atoms with E-state index in [0.29, 0.717) is 16.5 Å². The van der Waals surface area contributed by atoms with Crippen LogP contribution in [-0.4, -0.2) is 44.8 Å². The SMILES string of the molecule is Cc1ccc(S(=O)(=O)N(C)CC(=O)OCC(=O)Nc2sc3c(c2C#N)CC[C@H](C)C3)cc1. The van der Waals surface area contributed by atoms with Crippen molar-refractivity contribution < 1.29 is 22.7 Å². The fraction of sp³-hybridized carbons (Fsp3) is 0.409. The number of sulfonamides is 1. The molecule has 0 bridgehead atoms. The second-order valence-electron chi connectivity index (χ2n) is 7.95. The number of nitrogens with zero attached hydrogens (tertiary/aromatic N) is 2. The quantitative estimate of drug-likeness (QED) is 0.616. The molecular weight excluding hydrogens is 450 g/mol. The van der Waals surface area contributed by atoms with Gasteiger partial charge >= 0.3 is 5.97 Å². The van der Waals surface area contributed by atoms with Gasteiger partial charge in [-0.1, -0.05) is 24.6 Å². The Morgan fingerprint density at radius 1 is 1.31 bits per heavy atom. The first-order chi connectivity index (χ1) is 15.1. The largest absolute Gasteiger partial charge is 0.455 e. The number of thiophene rings is 1. The van der Waals surface area contributed by atoms with E-state index in [1.54, 1.807) is 12.1 Å². The summed E-state index contributed by atoms with van der Waals surface area (Å²) in [5.41, 5.74) is 2.38. The van der Waals surface area contributed by atoms with Crippen LogP contribution >= 0.6 is 11.3 Å². The average Bonchev–Trinajstić information content (AvgIpc) is 3.08. The Bertz CT molecular complexity index is 1160. The maximum atomic E-state index is 12.6. The number of benzene rings is 1. The third-order valence-corrected chi connectivity index (χ3v) is 8.31. The summed E-state index contributed by atoms with van der Waals surface area (Å²) in [6, 6.07) is 8.44. The first-order valence-electron chi connectivity index (χ1n) is 10.1. The van der Waals surface area contributed by atoms with E-state index in [-0.39, 0.29) is 4.90 Å². The molecule has 1 N–H and O–H groups in total. The molecule has 2 aromatic rings. The Hall–Kier alpha value is -2.74. The highest BCUT2D eigenvalue weighted by Gasteiger charge is 2.26. The number of likely N-dealkylation sites (N-methyl/N-ethyl adjacent to an activating group) is 1. The minimum absolute atomic E-state index is 0.0659. The number of carbonyl (C=O) groups excluding carboxylic acids is 2. The van der Waals surface area contributed by atoms with Crippen LogP contribution < -0.4 is 5.32 Å². The number of esters is 1. The normalized spacial score (nSPS) is 15.7. The number of nitriles is 1. The Morgan fingerprint density at radius 2 is 2.00 bits per heavy atom. The van der Waals surface area contributed by atoms with Gasteiger partial charge in [-0.3, -0.25) is 9.59 Å². The van der Waals surface area contributed by atoms with Crippen LogP contribution in [0.4, 0.5) is 5.00 Å². The highest BCUT2D eigenvalue weighted by molar-refractivity contribution is 7.89. The van der Waals surface area contributed by atoms with Crippen LogP contribution in [0, 0.1) is 24.2 Å². The van der Waals surface area contributed by atoms with Gasteiger partial charge in [0.1, 0.15) is 17.6 Å². The van der Waals surface area contributed by atoms with Gasteiger partial charge in [0.15, 0.2) is 6.61 Å². The van der Waals surface area contributed by atoms with Gasteiger partial charge in [-0.2, -0.15) is 9.57 Å². The Morgan fingerprint density at radius 3 is 2.66 bits per heavy atom. The lowest BCUT2D eigenvalue weighted by Crippen LogP contribution is -2.34. The molecular formula is C22H25N3O5S2. The Balaban J connectivity index is 1.56. The number of aryl methyl sites for hydroxylation is 1. The van der Waals surface area contributed by atoms with Crippen molar-refractivity contribution in [2.24, 2.45) is 5.92 Å². The van der Waals surface area contributed by atoms with Crippen molar-refractivity contribution in [3.8, 4) is 6.07 Å². The molecule has 0 saturated carbocycles. The third-order valence-electron chi connectivity index (χ3n) is 5.32. The molecule has 170 valence electrons. The number of nitrogens with one attached hydrogen (secondary N) is 1. The van der Waals surface area contributed by atoms with Crippen LogP contribution in [0.15, 0.2) is 29.2 Å². The van der Waals surface area contributed by atoms with E-state index in [1.807, 2.05) is 6.92 Å². The Labute approximate surface area is 191 Å². The highest BCUT2D eigenvalue weighted by atomic mass is 32.2. The van der Waals surface area contributed by atoms with E-state index in [2.05, 4.69) is 18.3 Å². The van der Waals surface area contributed by atoms with Crippen molar-refractivity contribution in [1.82, 2.24) is 4.31 Å². The molecule has 0 radical (unpaired) electrons. The van der Waals surface area contributed by atoms with E-state index in [9.17, 15) is 23.3 Å². The number of rotatable bonds is 7. The van der Waals surface area contributed by atoms with Crippen molar-refractivity contribution >= 4 is 38.2 Å². The third kappa shape index (κ3) is 5.35. The lowest BCUT2D eigenvalue weighted by Gasteiger charge is -2.17. The topological polar surface area (TPSA) is 117 Å². The summed E-state index contributed by atoms with van der Waals surface area (Å²) >= 11 is 1.38. The molecule has 1 aromatic heterocycles. The smallest absolute Gasteiger partial charge is 0.321 e. The van der Waals surface area contributed by atoms with Crippen LogP contribution in [-0.2, 0) is 37.2 Å². The lowest BCUT2D eigenvalue weighted by molar-refractivity contribution is -0.147. The summed E-state index contributed by atoms with van der Waals surface area (Å²) in [6.07, 6.45) is 2.69. The number of carbonyl (C=O) groups is 2. The van der Waals surface area contributed by atoms with Gasteiger partial charge in [-0.05, 0) is 49.8 Å². The van der Waals surface area contributed by atoms with E-state index < -0.39 is 35.1 Å². The van der Waals surface area contributed by atoms with Gasteiger partial charge in [-0.25, -0.2) is 8.42 Å². The fourth-order valence-corrected chi connectivity index (χ4v) is 5.96. The fourth-order valence-electron chi connectivity index (χ4n) is 3.47. The van der Waals surface area contributed by atoms with E-state index in [0.717, 1.165) is 39.6 Å². The highest BCUT2D eigenvalue weighted by Crippen LogP contribution is 2.39. The average molecular weight is 476 g/mol. The maximum Gasteiger partial charge on any atom is 0.321 e. The summed E-state index contributed by atoms with van der Waals surface area (Å²) in [5, 5.41) is 12.6. The van der Waals surface area contributed by atoms with Gasteiger partial charge in [0.2, 0.25) is 10.0 Å². The molecule has 1 aliphatic rings. The molecule has 0 fully saturated rings. The molecule has 3 rings (SSSR count). The van der Waals surface area contributed by atoms with Crippen LogP contribution in [0.3, 0.4) is 0 Å². The molecule has 1 atom stereocenters. The first kappa shape index (κ1) is 23.9. The first-order valence-corrected chi connectivity index (χ1v) is 12.4. The van der Waals surface area contributed by atoms with Crippen molar-refractivity contribution in [1.29, 1.82) is 5.26 Å². The number of hydrogen-bond acceptors (Lipinski definition) is 7. The van der Waals surface area contributed by atoms with Gasteiger partial charge in [0.05, 0.1) is 10.5 Å². The van der Waals surface area contributed by atoms with Crippen LogP contribution in [0.5, 0.6) is 0 Å². The number of hydrogen-bond donors (Lipinski definition) is 1. The molecule has 0 spiro atoms. The minimum Gasteiger partial charge on any atom is -0.455 e. The summed E-state index contributed by atoms with van der Waals surface area (Å²) in [7, 11) is -2.59. The predicted molar refractivity (Wildman–Crippen MR) is 121 cm³/mol. The van der Waals surface area contributed by atoms with Gasteiger partial charge < -0.3 is 10.1 Å². The standard InChI is InChI=1S/C22H25N3O5S2/c1-14-4-7-16(8-5-14)32(28,29)25(3)12-21(27)30-13-20(26)24-22-18(11-23)17-9-6-15(2)10-19(17)31-22/h4-5,7-8,15H,6,9-10,12-13H2,1-3H3,(H,24,26)/t15-/m0/s1. The summed E-state index contributed by atoms with van der Waals surface area (Å²) in [5.74, 6) is -0.894. The number of anilines is 1. The van der Waals surface area contributed by atoms with Crippen molar-refractivity contribution in [2.45, 2.75) is 38.0 Å². The molecule has 1 aliphatic carbocycles. The van der Waals surface area contributed by atoms with E-state index in [1.165, 1.54) is 30.5 Å². The van der Waals surface area contributed by atoms with Crippen LogP contribution in [0.2, 0.25) is 0 Å². The zero-order valence-corrected chi connectivity index (χ0v) is 19.8. The van der Waals surface area contributed by atoms with Crippen molar-refractivity contribution in [3.05, 3.63) is 45.8 Å². The zero-order chi connectivity index (χ0) is 23.5. The van der Waals surface area contributed by atoms with E-state index >= 15 is 0 Å². The number of ether oxygens (including phenoxy) is 1. The maximum absolute atomic E-state index is 12.6. The Kier molecular flexibility index (Phi) is 7.33. The lowest BCUT2D eigenvalue weighted by atomic mass is 9.89.